The number of hydrogen-bond donors (Lipinski definition) is 3. The van der Waals surface area contributed by atoms with Crippen LogP contribution in [0.5, 0.6) is 0 Å². The molecule has 134 valence electrons. The number of hydrogen-bond acceptors (Lipinski definition) is 3. The maximum Gasteiger partial charge on any atom is 0.328 e. The lowest BCUT2D eigenvalue weighted by atomic mass is 9.97. The molecule has 1 atom stereocenters. The molecule has 2 heterocycles. The molecule has 0 bridgehead atoms. The number of carboxylic acids is 2. The van der Waals surface area contributed by atoms with Crippen molar-refractivity contribution in [3.63, 3.8) is 0 Å². The third-order valence-electron chi connectivity index (χ3n) is 4.40. The van der Waals surface area contributed by atoms with Crippen molar-refractivity contribution >= 4 is 22.8 Å². The first-order valence-electron chi connectivity index (χ1n) is 8.18. The summed E-state index contributed by atoms with van der Waals surface area (Å²) >= 11 is 0. The van der Waals surface area contributed by atoms with Gasteiger partial charge in [0.2, 0.25) is 0 Å². The summed E-state index contributed by atoms with van der Waals surface area (Å²) in [4.78, 5) is 19.1. The highest BCUT2D eigenvalue weighted by molar-refractivity contribution is 5.90. The minimum atomic E-state index is -1.26. The summed E-state index contributed by atoms with van der Waals surface area (Å²) in [6, 6.07) is 5.08. The molecular weight excluding hydrogens is 320 g/mol. The second-order valence-corrected chi connectivity index (χ2v) is 6.33. The fourth-order valence-electron chi connectivity index (χ4n) is 3.52. The molecule has 25 heavy (non-hydrogen) atoms. The Labute approximate surface area is 146 Å². The molecule has 0 radical (unpaired) electrons. The van der Waals surface area contributed by atoms with Crippen molar-refractivity contribution in [2.45, 2.75) is 33.2 Å². The number of aryl methyl sites for hydroxylation is 3. The number of aliphatic carboxylic acids is 2. The molecule has 0 aliphatic carbocycles. The number of aromatic nitrogens is 1. The molecule has 1 aromatic heterocycles. The zero-order chi connectivity index (χ0) is 18.7. The van der Waals surface area contributed by atoms with Gasteiger partial charge in [-0.15, -0.1) is 0 Å². The van der Waals surface area contributed by atoms with E-state index in [4.69, 9.17) is 10.2 Å². The number of nitrogens with zero attached hydrogens (tertiary/aromatic N) is 1. The molecule has 0 amide bonds. The second-order valence-electron chi connectivity index (χ2n) is 6.33. The van der Waals surface area contributed by atoms with E-state index < -0.39 is 11.9 Å². The Morgan fingerprint density at radius 1 is 1.20 bits per heavy atom. The van der Waals surface area contributed by atoms with E-state index in [1.54, 1.807) is 5.56 Å². The van der Waals surface area contributed by atoms with Crippen LogP contribution in [0.1, 0.15) is 35.3 Å². The molecule has 1 unspecified atom stereocenters. The van der Waals surface area contributed by atoms with E-state index in [0.717, 1.165) is 13.0 Å². The van der Waals surface area contributed by atoms with Gasteiger partial charge >= 0.3 is 11.9 Å². The van der Waals surface area contributed by atoms with Gasteiger partial charge < -0.3 is 20.1 Å². The molecule has 6 nitrogen and oxygen atoms in total. The number of nitrogens with one attached hydrogen (secondary N) is 1. The number of fused-ring (bicyclic) bond motifs is 3. The summed E-state index contributed by atoms with van der Waals surface area (Å²) in [7, 11) is 2.20. The van der Waals surface area contributed by atoms with Crippen LogP contribution in [0.4, 0.5) is 0 Å². The van der Waals surface area contributed by atoms with Crippen molar-refractivity contribution in [3.05, 3.63) is 46.7 Å². The third kappa shape index (κ3) is 4.09. The van der Waals surface area contributed by atoms with Gasteiger partial charge in [-0.05, 0) is 56.5 Å². The van der Waals surface area contributed by atoms with E-state index in [1.165, 1.54) is 27.7 Å². The van der Waals surface area contributed by atoms with Crippen LogP contribution in [-0.4, -0.2) is 33.3 Å². The zero-order valence-electron chi connectivity index (χ0n) is 15.0. The van der Waals surface area contributed by atoms with Crippen molar-refractivity contribution in [1.82, 2.24) is 9.88 Å². The van der Waals surface area contributed by atoms with Gasteiger partial charge in [-0.25, -0.2) is 9.59 Å². The quantitative estimate of drug-likeness (QED) is 0.729. The Morgan fingerprint density at radius 3 is 2.36 bits per heavy atom. The monoisotopic (exact) mass is 344 g/mol. The average Bonchev–Trinajstić information content (AvgIpc) is 2.80. The minimum absolute atomic E-state index is 0.468. The number of carboxylic acid groups (broad SMARTS) is 2. The molecule has 0 fully saturated rings. The number of benzene rings is 1. The Hall–Kier alpha value is -2.60. The normalized spacial score (nSPS) is 16.4. The maximum absolute atomic E-state index is 9.55. The van der Waals surface area contributed by atoms with E-state index in [2.05, 4.69) is 49.8 Å². The Bertz CT molecular complexity index is 833. The van der Waals surface area contributed by atoms with E-state index in [0.29, 0.717) is 18.2 Å². The van der Waals surface area contributed by atoms with Crippen molar-refractivity contribution < 1.29 is 19.8 Å². The molecule has 6 heteroatoms. The fraction of sp³-hybridized carbons (Fsp3) is 0.368. The maximum atomic E-state index is 9.55. The minimum Gasteiger partial charge on any atom is -0.478 e. The van der Waals surface area contributed by atoms with E-state index >= 15 is 0 Å². The van der Waals surface area contributed by atoms with Crippen LogP contribution >= 0.6 is 0 Å². The zero-order valence-corrected chi connectivity index (χ0v) is 15.0. The van der Waals surface area contributed by atoms with Crippen LogP contribution in [0.2, 0.25) is 0 Å². The summed E-state index contributed by atoms with van der Waals surface area (Å²) in [5.41, 5.74) is 7.20. The Kier molecular flexibility index (Phi) is 5.64. The van der Waals surface area contributed by atoms with Crippen LogP contribution in [-0.2, 0) is 23.1 Å². The van der Waals surface area contributed by atoms with E-state index in [9.17, 15) is 9.59 Å². The summed E-state index contributed by atoms with van der Waals surface area (Å²) in [5, 5.41) is 20.7. The van der Waals surface area contributed by atoms with Gasteiger partial charge in [0, 0.05) is 41.8 Å². The first-order valence-corrected chi connectivity index (χ1v) is 8.18. The van der Waals surface area contributed by atoms with Gasteiger partial charge in [0.1, 0.15) is 0 Å². The van der Waals surface area contributed by atoms with Gasteiger partial charge in [0.15, 0.2) is 0 Å². The first kappa shape index (κ1) is 18.7. The molecule has 3 rings (SSSR count). The number of rotatable bonds is 2. The largest absolute Gasteiger partial charge is 0.478 e. The molecule has 0 saturated heterocycles. The highest BCUT2D eigenvalue weighted by Crippen LogP contribution is 2.34. The molecule has 1 aliphatic heterocycles. The predicted molar refractivity (Wildman–Crippen MR) is 96.9 cm³/mol. The SMILES string of the molecule is Cc1cc(C)c2c3c(n(C)c2c1)C(C)NCC3.O=C(O)/C=C\C(=O)O. The summed E-state index contributed by atoms with van der Waals surface area (Å²) in [6.07, 6.45) is 2.27. The van der Waals surface area contributed by atoms with Crippen LogP contribution in [0.15, 0.2) is 24.3 Å². The van der Waals surface area contributed by atoms with Crippen LogP contribution in [0, 0.1) is 13.8 Å². The van der Waals surface area contributed by atoms with Crippen molar-refractivity contribution in [2.24, 2.45) is 7.05 Å². The summed E-state index contributed by atoms with van der Waals surface area (Å²) in [5.74, 6) is -2.51. The van der Waals surface area contributed by atoms with Crippen molar-refractivity contribution in [3.8, 4) is 0 Å². The number of carbonyl (C=O) groups is 2. The molecule has 1 aliphatic rings. The van der Waals surface area contributed by atoms with E-state index in [-0.39, 0.29) is 0 Å². The third-order valence-corrected chi connectivity index (χ3v) is 4.40. The highest BCUT2D eigenvalue weighted by Gasteiger charge is 2.23. The summed E-state index contributed by atoms with van der Waals surface area (Å²) < 4.78 is 2.38. The predicted octanol–water partition coefficient (Wildman–Crippen LogP) is 2.71. The second kappa shape index (κ2) is 7.53. The molecular formula is C19H24N2O4. The smallest absolute Gasteiger partial charge is 0.328 e. The van der Waals surface area contributed by atoms with Crippen molar-refractivity contribution in [1.29, 1.82) is 0 Å². The van der Waals surface area contributed by atoms with E-state index in [1.807, 2.05) is 0 Å². The fourth-order valence-corrected chi connectivity index (χ4v) is 3.52. The van der Waals surface area contributed by atoms with Crippen LogP contribution < -0.4 is 5.32 Å². The van der Waals surface area contributed by atoms with Gasteiger partial charge in [-0.1, -0.05) is 6.07 Å². The van der Waals surface area contributed by atoms with Crippen LogP contribution in [0.25, 0.3) is 10.9 Å². The van der Waals surface area contributed by atoms with Crippen LogP contribution in [0.3, 0.4) is 0 Å². The van der Waals surface area contributed by atoms with Gasteiger partial charge in [-0.2, -0.15) is 0 Å². The van der Waals surface area contributed by atoms with Gasteiger partial charge in [-0.3, -0.25) is 0 Å². The lowest BCUT2D eigenvalue weighted by Gasteiger charge is -2.22. The standard InChI is InChI=1S/C15H20N2.C4H4O4/c1-9-7-10(2)14-12-5-6-16-11(3)15(12)17(4)13(14)8-9;5-3(6)1-2-4(7)8/h7-8,11,16H,5-6H2,1-4H3;1-2H,(H,5,6)(H,7,8)/b;2-1-. The summed E-state index contributed by atoms with van der Waals surface area (Å²) in [6.45, 7) is 7.78. The average molecular weight is 344 g/mol. The molecule has 3 N–H and O–H groups in total. The topological polar surface area (TPSA) is 91.6 Å². The first-order chi connectivity index (χ1) is 11.7. The lowest BCUT2D eigenvalue weighted by Crippen LogP contribution is -2.28. The Morgan fingerprint density at radius 2 is 1.80 bits per heavy atom. The van der Waals surface area contributed by atoms with Crippen molar-refractivity contribution in [2.75, 3.05) is 6.54 Å². The molecule has 0 saturated carbocycles. The van der Waals surface area contributed by atoms with Gasteiger partial charge in [0.05, 0.1) is 0 Å². The van der Waals surface area contributed by atoms with Gasteiger partial charge in [0.25, 0.3) is 0 Å². The molecule has 2 aromatic rings. The Balaban J connectivity index is 0.000000242. The molecule has 0 spiro atoms. The highest BCUT2D eigenvalue weighted by atomic mass is 16.4. The molecule has 1 aromatic carbocycles. The lowest BCUT2D eigenvalue weighted by molar-refractivity contribution is -0.134.